The van der Waals surface area contributed by atoms with Crippen molar-refractivity contribution in [3.05, 3.63) is 108 Å². The third-order valence-electron chi connectivity index (χ3n) is 5.69. The van der Waals surface area contributed by atoms with Crippen LogP contribution >= 0.6 is 11.8 Å². The van der Waals surface area contributed by atoms with Gasteiger partial charge < -0.3 is 5.32 Å². The number of aryl methyl sites for hydroxylation is 1. The van der Waals surface area contributed by atoms with Gasteiger partial charge in [-0.25, -0.2) is 4.98 Å². The minimum atomic E-state index is -0.0854. The number of nitrogens with one attached hydrogen (secondary N) is 1. The van der Waals surface area contributed by atoms with Crippen molar-refractivity contribution in [3.8, 4) is 11.3 Å². The Morgan fingerprint density at radius 1 is 0.875 bits per heavy atom. The summed E-state index contributed by atoms with van der Waals surface area (Å²) >= 11 is 1.71. The molecular formula is C27H19N3OS. The highest BCUT2D eigenvalue weighted by atomic mass is 32.2. The van der Waals surface area contributed by atoms with E-state index in [0.29, 0.717) is 11.3 Å². The summed E-state index contributed by atoms with van der Waals surface area (Å²) in [5, 5.41) is 3.47. The molecule has 0 spiro atoms. The molecule has 1 N–H and O–H groups in total. The van der Waals surface area contributed by atoms with E-state index in [2.05, 4.69) is 36.5 Å². The minimum Gasteiger partial charge on any atom is -0.354 e. The lowest BCUT2D eigenvalue weighted by Crippen LogP contribution is -2.07. The third kappa shape index (κ3) is 3.10. The summed E-state index contributed by atoms with van der Waals surface area (Å²) in [6, 6.07) is 28.1. The highest BCUT2D eigenvalue weighted by Gasteiger charge is 2.23. The van der Waals surface area contributed by atoms with Crippen LogP contribution in [0.1, 0.15) is 21.6 Å². The molecule has 0 radical (unpaired) electrons. The van der Waals surface area contributed by atoms with Gasteiger partial charge >= 0.3 is 0 Å². The second kappa shape index (κ2) is 7.39. The van der Waals surface area contributed by atoms with Crippen molar-refractivity contribution in [1.82, 2.24) is 9.38 Å². The van der Waals surface area contributed by atoms with E-state index < -0.39 is 0 Å². The van der Waals surface area contributed by atoms with Crippen molar-refractivity contribution >= 4 is 34.6 Å². The number of carbonyl (C=O) groups is 1. The number of rotatable bonds is 3. The Labute approximate surface area is 189 Å². The summed E-state index contributed by atoms with van der Waals surface area (Å²) in [5.74, 6) is -0.0854. The second-order valence-corrected chi connectivity index (χ2v) is 8.95. The number of fused-ring (bicyclic) bond motifs is 3. The van der Waals surface area contributed by atoms with E-state index >= 15 is 0 Å². The Balaban J connectivity index is 1.46. The van der Waals surface area contributed by atoms with Gasteiger partial charge in [0.2, 0.25) is 5.78 Å². The molecule has 0 unspecified atom stereocenters. The minimum absolute atomic E-state index is 0.0854. The van der Waals surface area contributed by atoms with E-state index in [4.69, 9.17) is 4.98 Å². The van der Waals surface area contributed by atoms with Crippen LogP contribution in [-0.2, 0) is 0 Å². The number of anilines is 2. The van der Waals surface area contributed by atoms with Crippen molar-refractivity contribution in [2.45, 2.75) is 16.7 Å². The number of hydrogen-bond donors (Lipinski definition) is 1. The molecule has 0 atom stereocenters. The van der Waals surface area contributed by atoms with Crippen LogP contribution in [0.2, 0.25) is 0 Å². The van der Waals surface area contributed by atoms with E-state index in [9.17, 15) is 4.79 Å². The first-order valence-electron chi connectivity index (χ1n) is 10.4. The van der Waals surface area contributed by atoms with Gasteiger partial charge in [-0.1, -0.05) is 59.8 Å². The van der Waals surface area contributed by atoms with Gasteiger partial charge in [-0.3, -0.25) is 9.20 Å². The van der Waals surface area contributed by atoms with Gasteiger partial charge in [-0.15, -0.1) is 0 Å². The molecule has 5 aromatic rings. The Hall–Kier alpha value is -3.83. The highest BCUT2D eigenvalue weighted by Crippen LogP contribution is 2.44. The van der Waals surface area contributed by atoms with Gasteiger partial charge in [0, 0.05) is 27.1 Å². The summed E-state index contributed by atoms with van der Waals surface area (Å²) in [6.07, 6.45) is 1.95. The first-order valence-corrected chi connectivity index (χ1v) is 11.3. The highest BCUT2D eigenvalue weighted by molar-refractivity contribution is 7.99. The molecule has 0 aliphatic carbocycles. The van der Waals surface area contributed by atoms with Crippen molar-refractivity contribution in [2.24, 2.45) is 0 Å². The van der Waals surface area contributed by atoms with E-state index in [1.54, 1.807) is 11.8 Å². The molecule has 0 bridgehead atoms. The molecule has 4 nitrogen and oxygen atoms in total. The number of benzene rings is 3. The maximum atomic E-state index is 13.7. The number of pyridine rings is 1. The lowest BCUT2D eigenvalue weighted by Gasteiger charge is -2.21. The fourth-order valence-corrected chi connectivity index (χ4v) is 5.03. The van der Waals surface area contributed by atoms with Crippen LogP contribution in [0.5, 0.6) is 0 Å². The fraction of sp³-hybridized carbons (Fsp3) is 0.0370. The van der Waals surface area contributed by atoms with Crippen LogP contribution < -0.4 is 5.32 Å². The number of nitrogens with zero attached hydrogens (tertiary/aromatic N) is 2. The summed E-state index contributed by atoms with van der Waals surface area (Å²) in [6.45, 7) is 2.06. The van der Waals surface area contributed by atoms with Crippen LogP contribution in [0.25, 0.3) is 16.9 Å². The van der Waals surface area contributed by atoms with E-state index in [1.807, 2.05) is 71.3 Å². The summed E-state index contributed by atoms with van der Waals surface area (Å²) in [5.41, 5.74) is 6.80. The molecule has 1 aliphatic rings. The van der Waals surface area contributed by atoms with Crippen molar-refractivity contribution in [2.75, 3.05) is 5.32 Å². The van der Waals surface area contributed by atoms with Crippen LogP contribution in [0, 0.1) is 6.92 Å². The van der Waals surface area contributed by atoms with Gasteiger partial charge in [-0.2, -0.15) is 0 Å². The number of para-hydroxylation sites is 1. The zero-order valence-electron chi connectivity index (χ0n) is 17.4. The molecule has 5 heteroatoms. The summed E-state index contributed by atoms with van der Waals surface area (Å²) in [7, 11) is 0. The van der Waals surface area contributed by atoms with Crippen LogP contribution in [0.4, 0.5) is 11.4 Å². The van der Waals surface area contributed by atoms with Crippen molar-refractivity contribution in [3.63, 3.8) is 0 Å². The van der Waals surface area contributed by atoms with Gasteiger partial charge in [0.25, 0.3) is 0 Å². The summed E-state index contributed by atoms with van der Waals surface area (Å²) < 4.78 is 1.99. The lowest BCUT2D eigenvalue weighted by atomic mass is 10.0. The Kier molecular flexibility index (Phi) is 4.37. The Morgan fingerprint density at radius 2 is 1.66 bits per heavy atom. The Morgan fingerprint density at radius 3 is 2.53 bits per heavy atom. The van der Waals surface area contributed by atoms with Crippen LogP contribution in [0.15, 0.2) is 101 Å². The van der Waals surface area contributed by atoms with Gasteiger partial charge in [0.1, 0.15) is 11.3 Å². The number of hydrogen-bond acceptors (Lipinski definition) is 4. The zero-order valence-corrected chi connectivity index (χ0v) is 18.2. The number of ketones is 1. The van der Waals surface area contributed by atoms with E-state index in [1.165, 1.54) is 10.5 Å². The predicted molar refractivity (Wildman–Crippen MR) is 129 cm³/mol. The molecule has 0 fully saturated rings. The quantitative estimate of drug-likeness (QED) is 0.314. The molecule has 6 rings (SSSR count). The average molecular weight is 434 g/mol. The van der Waals surface area contributed by atoms with Crippen molar-refractivity contribution < 1.29 is 4.79 Å². The molecule has 0 saturated heterocycles. The van der Waals surface area contributed by atoms with Gasteiger partial charge in [0.05, 0.1) is 17.1 Å². The maximum Gasteiger partial charge on any atom is 0.213 e. The first kappa shape index (κ1) is 18.9. The smallest absolute Gasteiger partial charge is 0.213 e. The monoisotopic (exact) mass is 433 g/mol. The van der Waals surface area contributed by atoms with Crippen LogP contribution in [0.3, 0.4) is 0 Å². The SMILES string of the molecule is Cc1ccc(-c2c(C(=O)c3ccc4c(c3)Nc3ccccc3S4)nc3ccccn23)cc1. The second-order valence-electron chi connectivity index (χ2n) is 7.87. The predicted octanol–water partition coefficient (Wildman–Crippen LogP) is 6.75. The first-order chi connectivity index (χ1) is 15.7. The molecule has 2 aromatic heterocycles. The standard InChI is InChI=1S/C27H19N3OS/c1-17-9-11-18(12-10-17)26-25(29-24-8-4-5-15-30(24)26)27(31)19-13-14-23-21(16-19)28-20-6-2-3-7-22(20)32-23/h2-16,28H,1H3. The molecule has 154 valence electrons. The molecule has 0 amide bonds. The molecule has 0 saturated carbocycles. The molecule has 3 aromatic carbocycles. The van der Waals surface area contributed by atoms with Gasteiger partial charge in [0.15, 0.2) is 0 Å². The molecule has 1 aliphatic heterocycles. The van der Waals surface area contributed by atoms with Crippen LogP contribution in [-0.4, -0.2) is 15.2 Å². The number of carbonyl (C=O) groups excluding carboxylic acids is 1. The summed E-state index contributed by atoms with van der Waals surface area (Å²) in [4.78, 5) is 20.7. The lowest BCUT2D eigenvalue weighted by molar-refractivity contribution is 0.103. The number of aromatic nitrogens is 2. The number of imidazole rings is 1. The molecule has 32 heavy (non-hydrogen) atoms. The fourth-order valence-electron chi connectivity index (χ4n) is 4.06. The zero-order chi connectivity index (χ0) is 21.7. The molecule has 3 heterocycles. The van der Waals surface area contributed by atoms with E-state index in [-0.39, 0.29) is 5.78 Å². The van der Waals surface area contributed by atoms with E-state index in [0.717, 1.165) is 33.2 Å². The topological polar surface area (TPSA) is 46.4 Å². The third-order valence-corrected chi connectivity index (χ3v) is 6.84. The molecular weight excluding hydrogens is 414 g/mol. The normalized spacial score (nSPS) is 12.2. The van der Waals surface area contributed by atoms with Crippen molar-refractivity contribution in [1.29, 1.82) is 0 Å². The average Bonchev–Trinajstić information content (AvgIpc) is 3.22. The maximum absolute atomic E-state index is 13.7. The largest absolute Gasteiger partial charge is 0.354 e. The van der Waals surface area contributed by atoms with Gasteiger partial charge in [-0.05, 0) is 49.4 Å². The Bertz CT molecular complexity index is 1500.